The largest absolute Gasteiger partial charge is 0.294 e. The topological polar surface area (TPSA) is 47.0 Å². The molecule has 3 nitrogen and oxygen atoms in total. The van der Waals surface area contributed by atoms with Gasteiger partial charge in [-0.2, -0.15) is 0 Å². The first-order valence-electron chi connectivity index (χ1n) is 5.18. The van der Waals surface area contributed by atoms with Gasteiger partial charge in [0.2, 0.25) is 0 Å². The molecular formula is C13H13NO2S. The standard InChI is InChI=1S/C13H13NO2S/c1-10(15)13-7-12(8-14-9-13)5-3-4-6-17-11(2)16/h7-9H,4,6H2,1-2H3. The van der Waals surface area contributed by atoms with Crippen molar-refractivity contribution in [3.63, 3.8) is 0 Å². The molecule has 17 heavy (non-hydrogen) atoms. The summed E-state index contributed by atoms with van der Waals surface area (Å²) in [5.74, 6) is 6.55. The highest BCUT2D eigenvalue weighted by atomic mass is 32.2. The summed E-state index contributed by atoms with van der Waals surface area (Å²) >= 11 is 1.26. The number of nitrogens with zero attached hydrogens (tertiary/aromatic N) is 1. The zero-order valence-electron chi connectivity index (χ0n) is 9.82. The van der Waals surface area contributed by atoms with Gasteiger partial charge in [0.05, 0.1) is 0 Å². The molecule has 0 aliphatic carbocycles. The van der Waals surface area contributed by atoms with Crippen LogP contribution in [0.1, 0.15) is 36.2 Å². The normalized spacial score (nSPS) is 9.29. The predicted octanol–water partition coefficient (Wildman–Crippen LogP) is 2.31. The van der Waals surface area contributed by atoms with Gasteiger partial charge in [-0.25, -0.2) is 0 Å². The molecule has 88 valence electrons. The number of thioether (sulfide) groups is 1. The van der Waals surface area contributed by atoms with Crippen molar-refractivity contribution in [3.05, 3.63) is 29.6 Å². The van der Waals surface area contributed by atoms with Gasteiger partial charge in [-0.15, -0.1) is 0 Å². The number of hydrogen-bond donors (Lipinski definition) is 0. The molecule has 0 saturated heterocycles. The lowest BCUT2D eigenvalue weighted by Crippen LogP contribution is -1.93. The Labute approximate surface area is 105 Å². The molecule has 0 saturated carbocycles. The number of carbonyl (C=O) groups is 2. The Morgan fingerprint density at radius 1 is 1.35 bits per heavy atom. The quantitative estimate of drug-likeness (QED) is 0.467. The Kier molecular flexibility index (Phi) is 5.44. The number of Topliss-reactive ketones (excluding diaryl/α,β-unsaturated/α-hetero) is 1. The molecule has 1 heterocycles. The third-order valence-electron chi connectivity index (χ3n) is 1.91. The van der Waals surface area contributed by atoms with Crippen LogP contribution in [0.3, 0.4) is 0 Å². The van der Waals surface area contributed by atoms with E-state index in [1.54, 1.807) is 19.2 Å². The summed E-state index contributed by atoms with van der Waals surface area (Å²) in [5.41, 5.74) is 1.29. The second-order valence-electron chi connectivity index (χ2n) is 3.41. The second-order valence-corrected chi connectivity index (χ2v) is 4.68. The minimum absolute atomic E-state index is 0.0201. The van der Waals surface area contributed by atoms with Gasteiger partial charge in [0.15, 0.2) is 10.9 Å². The molecule has 4 heteroatoms. The first-order valence-corrected chi connectivity index (χ1v) is 6.16. The van der Waals surface area contributed by atoms with Crippen LogP contribution in [0.2, 0.25) is 0 Å². The molecule has 0 radical (unpaired) electrons. The monoisotopic (exact) mass is 247 g/mol. The molecular weight excluding hydrogens is 234 g/mol. The summed E-state index contributed by atoms with van der Waals surface area (Å²) in [4.78, 5) is 25.7. The summed E-state index contributed by atoms with van der Waals surface area (Å²) < 4.78 is 0. The Morgan fingerprint density at radius 2 is 2.12 bits per heavy atom. The number of pyridine rings is 1. The average Bonchev–Trinajstić information content (AvgIpc) is 2.28. The van der Waals surface area contributed by atoms with Gasteiger partial charge >= 0.3 is 0 Å². The van der Waals surface area contributed by atoms with E-state index >= 15 is 0 Å². The van der Waals surface area contributed by atoms with E-state index in [1.807, 2.05) is 0 Å². The van der Waals surface area contributed by atoms with Crippen molar-refractivity contribution >= 4 is 22.7 Å². The summed E-state index contributed by atoms with van der Waals surface area (Å²) in [6.07, 6.45) is 3.80. The molecule has 0 bridgehead atoms. The van der Waals surface area contributed by atoms with Gasteiger partial charge in [-0.05, 0) is 13.0 Å². The van der Waals surface area contributed by atoms with Crippen LogP contribution in [0.4, 0.5) is 0 Å². The van der Waals surface area contributed by atoms with Crippen LogP contribution in [0.5, 0.6) is 0 Å². The minimum Gasteiger partial charge on any atom is -0.294 e. The van der Waals surface area contributed by atoms with Crippen molar-refractivity contribution in [1.29, 1.82) is 0 Å². The van der Waals surface area contributed by atoms with E-state index in [9.17, 15) is 9.59 Å². The third kappa shape index (κ3) is 5.32. The van der Waals surface area contributed by atoms with Crippen LogP contribution in [0, 0.1) is 11.8 Å². The fourth-order valence-electron chi connectivity index (χ4n) is 1.11. The van der Waals surface area contributed by atoms with Crippen molar-refractivity contribution in [3.8, 4) is 11.8 Å². The van der Waals surface area contributed by atoms with E-state index in [2.05, 4.69) is 16.8 Å². The molecule has 0 fully saturated rings. The highest BCUT2D eigenvalue weighted by Crippen LogP contribution is 2.04. The van der Waals surface area contributed by atoms with Crippen LogP contribution in [0.25, 0.3) is 0 Å². The lowest BCUT2D eigenvalue weighted by Gasteiger charge is -1.94. The molecule has 0 aliphatic rings. The molecule has 1 aromatic rings. The van der Waals surface area contributed by atoms with Crippen LogP contribution >= 0.6 is 11.8 Å². The third-order valence-corrected chi connectivity index (χ3v) is 2.72. The second kappa shape index (κ2) is 6.87. The van der Waals surface area contributed by atoms with Crippen molar-refractivity contribution in [2.75, 3.05) is 5.75 Å². The van der Waals surface area contributed by atoms with Gasteiger partial charge in [0.25, 0.3) is 0 Å². The van der Waals surface area contributed by atoms with E-state index in [0.29, 0.717) is 17.7 Å². The first kappa shape index (κ1) is 13.5. The Hall–Kier alpha value is -1.60. The molecule has 0 spiro atoms. The maximum Gasteiger partial charge on any atom is 0.185 e. The molecule has 1 rings (SSSR count). The highest BCUT2D eigenvalue weighted by Gasteiger charge is 1.99. The summed E-state index contributed by atoms with van der Waals surface area (Å²) in [6, 6.07) is 1.72. The van der Waals surface area contributed by atoms with Crippen LogP contribution < -0.4 is 0 Å². The first-order chi connectivity index (χ1) is 8.09. The number of carbonyl (C=O) groups excluding carboxylic acids is 2. The highest BCUT2D eigenvalue weighted by molar-refractivity contribution is 8.13. The number of aromatic nitrogens is 1. The minimum atomic E-state index is -0.0201. The average molecular weight is 247 g/mol. The Bertz CT molecular complexity index is 486. The molecule has 0 aliphatic heterocycles. The van der Waals surface area contributed by atoms with Crippen LogP contribution in [-0.4, -0.2) is 21.6 Å². The van der Waals surface area contributed by atoms with E-state index in [0.717, 1.165) is 5.56 Å². The fraction of sp³-hybridized carbons (Fsp3) is 0.308. The molecule has 0 atom stereocenters. The summed E-state index contributed by atoms with van der Waals surface area (Å²) in [6.45, 7) is 3.04. The van der Waals surface area contributed by atoms with E-state index < -0.39 is 0 Å². The fourth-order valence-corrected chi connectivity index (χ4v) is 1.60. The number of ketones is 1. The van der Waals surface area contributed by atoms with Crippen molar-refractivity contribution in [2.24, 2.45) is 0 Å². The van der Waals surface area contributed by atoms with Gasteiger partial charge in [0.1, 0.15) is 0 Å². The van der Waals surface area contributed by atoms with Gasteiger partial charge < -0.3 is 0 Å². The molecule has 0 N–H and O–H groups in total. The number of rotatable bonds is 3. The Morgan fingerprint density at radius 3 is 2.76 bits per heavy atom. The van der Waals surface area contributed by atoms with Crippen LogP contribution in [0.15, 0.2) is 18.5 Å². The SMILES string of the molecule is CC(=O)SCCC#Cc1cncc(C(C)=O)c1. The lowest BCUT2D eigenvalue weighted by atomic mass is 10.1. The molecule has 0 aromatic carbocycles. The predicted molar refractivity (Wildman–Crippen MR) is 68.9 cm³/mol. The van der Waals surface area contributed by atoms with E-state index in [1.165, 1.54) is 24.9 Å². The smallest absolute Gasteiger partial charge is 0.185 e. The maximum atomic E-state index is 11.1. The number of hydrogen-bond acceptors (Lipinski definition) is 4. The summed E-state index contributed by atoms with van der Waals surface area (Å²) in [5, 5.41) is 0.104. The van der Waals surface area contributed by atoms with Gasteiger partial charge in [-0.3, -0.25) is 14.6 Å². The maximum absolute atomic E-state index is 11.1. The zero-order valence-corrected chi connectivity index (χ0v) is 10.6. The van der Waals surface area contributed by atoms with Gasteiger partial charge in [-0.1, -0.05) is 23.6 Å². The Balaban J connectivity index is 2.56. The van der Waals surface area contributed by atoms with Crippen LogP contribution in [-0.2, 0) is 4.79 Å². The molecule has 1 aromatic heterocycles. The molecule has 0 unspecified atom stereocenters. The molecule has 0 amide bonds. The van der Waals surface area contributed by atoms with Crippen molar-refractivity contribution in [2.45, 2.75) is 20.3 Å². The zero-order chi connectivity index (χ0) is 12.7. The van der Waals surface area contributed by atoms with Crippen molar-refractivity contribution < 1.29 is 9.59 Å². The van der Waals surface area contributed by atoms with E-state index in [4.69, 9.17) is 0 Å². The lowest BCUT2D eigenvalue weighted by molar-refractivity contribution is -0.109. The summed E-state index contributed by atoms with van der Waals surface area (Å²) in [7, 11) is 0. The van der Waals surface area contributed by atoms with Gasteiger partial charge in [0, 0.05) is 42.6 Å². The van der Waals surface area contributed by atoms with Crippen molar-refractivity contribution in [1.82, 2.24) is 4.98 Å². The van der Waals surface area contributed by atoms with E-state index in [-0.39, 0.29) is 10.9 Å².